The van der Waals surface area contributed by atoms with E-state index < -0.39 is 11.6 Å². The van der Waals surface area contributed by atoms with E-state index in [1.165, 1.54) is 31.3 Å². The number of benzene rings is 2. The highest BCUT2D eigenvalue weighted by molar-refractivity contribution is 5.92. The number of hydrogen-bond donors (Lipinski definition) is 1. The Kier molecular flexibility index (Phi) is 5.66. The zero-order chi connectivity index (χ0) is 25.0. The van der Waals surface area contributed by atoms with Crippen LogP contribution in [0.25, 0.3) is 5.57 Å². The maximum atomic E-state index is 16.1. The van der Waals surface area contributed by atoms with Crippen LogP contribution in [-0.2, 0) is 12.8 Å². The third-order valence-electron chi connectivity index (χ3n) is 7.76. The SMILES string of the molecule is CC1=C(c2ccc3c(c2F)C=NC(Cc2cc(F)cc(F)c2)C3)c2c(N)ncnc2C(C2CC2)CC1. The van der Waals surface area contributed by atoms with Crippen molar-refractivity contribution in [1.82, 2.24) is 9.97 Å². The van der Waals surface area contributed by atoms with Crippen LogP contribution in [-0.4, -0.2) is 22.2 Å². The highest BCUT2D eigenvalue weighted by Gasteiger charge is 2.38. The first kappa shape index (κ1) is 23.0. The largest absolute Gasteiger partial charge is 0.383 e. The van der Waals surface area contributed by atoms with Gasteiger partial charge in [-0.2, -0.15) is 0 Å². The van der Waals surface area contributed by atoms with Crippen molar-refractivity contribution >= 4 is 17.6 Å². The molecule has 1 saturated carbocycles. The van der Waals surface area contributed by atoms with Gasteiger partial charge < -0.3 is 5.73 Å². The Hall–Kier alpha value is -3.48. The number of anilines is 1. The van der Waals surface area contributed by atoms with Gasteiger partial charge in [-0.1, -0.05) is 17.7 Å². The Morgan fingerprint density at radius 1 is 1.00 bits per heavy atom. The van der Waals surface area contributed by atoms with Crippen LogP contribution in [0.3, 0.4) is 0 Å². The summed E-state index contributed by atoms with van der Waals surface area (Å²) in [6, 6.07) is 7.02. The summed E-state index contributed by atoms with van der Waals surface area (Å²) in [6.07, 6.45) is 8.15. The number of rotatable bonds is 4. The minimum atomic E-state index is -0.611. The van der Waals surface area contributed by atoms with Crippen molar-refractivity contribution < 1.29 is 13.2 Å². The van der Waals surface area contributed by atoms with E-state index in [-0.39, 0.29) is 11.9 Å². The van der Waals surface area contributed by atoms with E-state index in [2.05, 4.69) is 15.0 Å². The average molecular weight is 489 g/mol. The molecule has 4 nitrogen and oxygen atoms in total. The van der Waals surface area contributed by atoms with Gasteiger partial charge in [0.2, 0.25) is 0 Å². The number of aliphatic imine (C=N–C) groups is 1. The van der Waals surface area contributed by atoms with Gasteiger partial charge in [-0.15, -0.1) is 0 Å². The molecular weight excluding hydrogens is 461 g/mol. The number of hydrogen-bond acceptors (Lipinski definition) is 4. The fourth-order valence-corrected chi connectivity index (χ4v) is 5.88. The van der Waals surface area contributed by atoms with Gasteiger partial charge in [0.05, 0.1) is 11.7 Å². The summed E-state index contributed by atoms with van der Waals surface area (Å²) >= 11 is 0. The number of nitrogens with zero attached hydrogens (tertiary/aromatic N) is 3. The van der Waals surface area contributed by atoms with Gasteiger partial charge in [0.15, 0.2) is 0 Å². The lowest BCUT2D eigenvalue weighted by molar-refractivity contribution is 0.546. The first-order valence-electron chi connectivity index (χ1n) is 12.5. The molecular formula is C29H27F3N4. The Labute approximate surface area is 208 Å². The van der Waals surface area contributed by atoms with Gasteiger partial charge in [-0.05, 0) is 80.2 Å². The monoisotopic (exact) mass is 488 g/mol. The van der Waals surface area contributed by atoms with Gasteiger partial charge in [0.1, 0.15) is 29.6 Å². The zero-order valence-electron chi connectivity index (χ0n) is 20.1. The predicted octanol–water partition coefficient (Wildman–Crippen LogP) is 6.17. The molecule has 2 atom stereocenters. The quantitative estimate of drug-likeness (QED) is 0.478. The van der Waals surface area contributed by atoms with Crippen molar-refractivity contribution in [3.8, 4) is 0 Å². The van der Waals surface area contributed by atoms with E-state index in [1.807, 2.05) is 19.1 Å². The molecule has 2 unspecified atom stereocenters. The van der Waals surface area contributed by atoms with Crippen LogP contribution in [0.4, 0.5) is 19.0 Å². The number of halogens is 3. The van der Waals surface area contributed by atoms with Gasteiger partial charge >= 0.3 is 0 Å². The molecule has 1 aliphatic heterocycles. The molecule has 2 heterocycles. The molecule has 0 radical (unpaired) electrons. The van der Waals surface area contributed by atoms with Crippen LogP contribution < -0.4 is 5.73 Å². The Morgan fingerprint density at radius 2 is 1.78 bits per heavy atom. The molecule has 0 amide bonds. The summed E-state index contributed by atoms with van der Waals surface area (Å²) in [7, 11) is 0. The molecule has 2 aromatic carbocycles. The number of nitrogen functional groups attached to an aromatic ring is 1. The summed E-state index contributed by atoms with van der Waals surface area (Å²) in [6.45, 7) is 2.04. The van der Waals surface area contributed by atoms with Crippen molar-refractivity contribution in [2.45, 2.75) is 57.4 Å². The molecule has 2 aliphatic carbocycles. The lowest BCUT2D eigenvalue weighted by Crippen LogP contribution is -2.20. The molecule has 0 bridgehead atoms. The minimum Gasteiger partial charge on any atom is -0.383 e. The molecule has 3 aliphatic rings. The maximum absolute atomic E-state index is 16.1. The molecule has 0 saturated heterocycles. The average Bonchev–Trinajstić information content (AvgIpc) is 3.67. The standard InChI is InChI=1S/C29H27F3N4/c1-15-2-6-22(17-3-4-17)28-26(29(33)36-14-35-28)25(15)23-7-5-18-11-21(34-13-24(18)27(23)32)10-16-8-19(30)12-20(31)9-16/h5,7-9,12-14,17,21-22H,2-4,6,10-11H2,1H3,(H2,33,35,36). The minimum absolute atomic E-state index is 0.216. The van der Waals surface area contributed by atoms with Gasteiger partial charge in [0, 0.05) is 34.9 Å². The number of fused-ring (bicyclic) bond motifs is 2. The normalized spacial score (nSPS) is 21.2. The van der Waals surface area contributed by atoms with Gasteiger partial charge in [-0.25, -0.2) is 23.1 Å². The van der Waals surface area contributed by atoms with E-state index >= 15 is 4.39 Å². The van der Waals surface area contributed by atoms with Crippen LogP contribution in [0, 0.1) is 23.4 Å². The van der Waals surface area contributed by atoms with E-state index in [0.29, 0.717) is 47.2 Å². The van der Waals surface area contributed by atoms with Gasteiger partial charge in [0.25, 0.3) is 0 Å². The molecule has 3 aromatic rings. The summed E-state index contributed by atoms with van der Waals surface area (Å²) in [5.74, 6) is -0.251. The molecule has 36 heavy (non-hydrogen) atoms. The molecule has 0 spiro atoms. The topological polar surface area (TPSA) is 64.2 Å². The van der Waals surface area contributed by atoms with Crippen LogP contribution in [0.5, 0.6) is 0 Å². The molecule has 2 N–H and O–H groups in total. The number of nitrogens with two attached hydrogens (primary N) is 1. The second-order valence-electron chi connectivity index (χ2n) is 10.3. The predicted molar refractivity (Wildman–Crippen MR) is 134 cm³/mol. The Balaban J connectivity index is 1.37. The van der Waals surface area contributed by atoms with Gasteiger partial charge in [-0.3, -0.25) is 4.99 Å². The summed E-state index contributed by atoms with van der Waals surface area (Å²) in [5, 5.41) is 0. The summed E-state index contributed by atoms with van der Waals surface area (Å²) in [5.41, 5.74) is 12.3. The van der Waals surface area contributed by atoms with Crippen molar-refractivity contribution in [2.75, 3.05) is 5.73 Å². The van der Waals surface area contributed by atoms with Crippen LogP contribution in [0.2, 0.25) is 0 Å². The Morgan fingerprint density at radius 3 is 2.53 bits per heavy atom. The van der Waals surface area contributed by atoms with E-state index in [4.69, 9.17) is 5.73 Å². The lowest BCUT2D eigenvalue weighted by Gasteiger charge is -2.22. The third kappa shape index (κ3) is 4.10. The second kappa shape index (κ2) is 8.87. The lowest BCUT2D eigenvalue weighted by atomic mass is 9.86. The Bertz CT molecular complexity index is 1400. The molecule has 1 fully saturated rings. The smallest absolute Gasteiger partial charge is 0.140 e. The second-order valence-corrected chi connectivity index (χ2v) is 10.3. The summed E-state index contributed by atoms with van der Waals surface area (Å²) < 4.78 is 43.3. The highest BCUT2D eigenvalue weighted by atomic mass is 19.1. The zero-order valence-corrected chi connectivity index (χ0v) is 20.1. The third-order valence-corrected chi connectivity index (χ3v) is 7.76. The number of aromatic nitrogens is 2. The van der Waals surface area contributed by atoms with Crippen LogP contribution in [0.15, 0.2) is 47.2 Å². The van der Waals surface area contributed by atoms with Crippen LogP contribution >= 0.6 is 0 Å². The molecule has 1 aromatic heterocycles. The van der Waals surface area contributed by atoms with Crippen molar-refractivity contribution in [3.63, 3.8) is 0 Å². The first-order valence-corrected chi connectivity index (χ1v) is 12.5. The molecule has 7 heteroatoms. The van der Waals surface area contributed by atoms with Crippen molar-refractivity contribution in [1.29, 1.82) is 0 Å². The first-order chi connectivity index (χ1) is 17.4. The maximum Gasteiger partial charge on any atom is 0.140 e. The summed E-state index contributed by atoms with van der Waals surface area (Å²) in [4.78, 5) is 13.5. The molecule has 184 valence electrons. The van der Waals surface area contributed by atoms with E-state index in [0.717, 1.165) is 46.9 Å². The fourth-order valence-electron chi connectivity index (χ4n) is 5.88. The highest BCUT2D eigenvalue weighted by Crippen LogP contribution is 2.50. The van der Waals surface area contributed by atoms with Crippen molar-refractivity contribution in [2.24, 2.45) is 10.9 Å². The van der Waals surface area contributed by atoms with E-state index in [9.17, 15) is 8.78 Å². The molecule has 6 rings (SSSR count). The number of allylic oxidation sites excluding steroid dienone is 1. The van der Waals surface area contributed by atoms with E-state index in [1.54, 1.807) is 6.21 Å². The van der Waals surface area contributed by atoms with Crippen molar-refractivity contribution in [3.05, 3.63) is 93.2 Å². The van der Waals surface area contributed by atoms with Crippen LogP contribution in [0.1, 0.15) is 72.0 Å². The fraction of sp³-hybridized carbons (Fsp3) is 0.345.